The van der Waals surface area contributed by atoms with E-state index in [1.165, 1.54) is 0 Å². The molecule has 1 heterocycles. The number of allylic oxidation sites excluding steroid dienone is 1. The summed E-state index contributed by atoms with van der Waals surface area (Å²) >= 11 is 3.03. The van der Waals surface area contributed by atoms with Crippen molar-refractivity contribution in [2.75, 3.05) is 20.1 Å². The Morgan fingerprint density at radius 2 is 2.46 bits per heavy atom. The highest BCUT2D eigenvalue weighted by atomic mass is 79.9. The van der Waals surface area contributed by atoms with Crippen LogP contribution >= 0.6 is 15.9 Å². The lowest BCUT2D eigenvalue weighted by Gasteiger charge is -2.11. The van der Waals surface area contributed by atoms with Gasteiger partial charge in [-0.2, -0.15) is 0 Å². The van der Waals surface area contributed by atoms with Gasteiger partial charge in [-0.3, -0.25) is 10.2 Å². The second-order valence-corrected chi connectivity index (χ2v) is 3.79. The molecule has 0 aromatic heterocycles. The summed E-state index contributed by atoms with van der Waals surface area (Å²) in [5, 5.41) is 10.2. The van der Waals surface area contributed by atoms with Gasteiger partial charge in [0, 0.05) is 25.7 Å². The van der Waals surface area contributed by atoms with Gasteiger partial charge in [0.05, 0.1) is 11.2 Å². The number of nitrogens with one attached hydrogen (secondary N) is 2. The Bertz CT molecular complexity index is 262. The first-order chi connectivity index (χ1) is 6.09. The third kappa shape index (κ3) is 3.18. The molecule has 1 aliphatic heterocycles. The van der Waals surface area contributed by atoms with Crippen molar-refractivity contribution in [2.24, 2.45) is 0 Å². The summed E-state index contributed by atoms with van der Waals surface area (Å²) in [4.78, 5) is 12.9. The van der Waals surface area contributed by atoms with Crippen LogP contribution in [-0.4, -0.2) is 35.6 Å². The molecule has 1 saturated heterocycles. The molecule has 0 aliphatic carbocycles. The third-order valence-corrected chi connectivity index (χ3v) is 2.14. The molecule has 0 unspecified atom stereocenters. The Labute approximate surface area is 85.6 Å². The maximum Gasteiger partial charge on any atom is 0.241 e. The van der Waals surface area contributed by atoms with Crippen LogP contribution in [0.3, 0.4) is 0 Å². The minimum absolute atomic E-state index is 0.0875. The summed E-state index contributed by atoms with van der Waals surface area (Å²) < 4.78 is 0.326. The number of rotatable bonds is 1. The molecular formula is C8H12BrN3O. The quantitative estimate of drug-likeness (QED) is 0.669. The van der Waals surface area contributed by atoms with Crippen molar-refractivity contribution < 1.29 is 4.79 Å². The fourth-order valence-corrected chi connectivity index (χ4v) is 1.38. The van der Waals surface area contributed by atoms with Crippen LogP contribution in [0.4, 0.5) is 0 Å². The third-order valence-electron chi connectivity index (χ3n) is 1.91. The fraction of sp³-hybridized carbons (Fsp3) is 0.500. The minimum Gasteiger partial charge on any atom is -0.379 e. The topological polar surface area (TPSA) is 56.2 Å². The van der Waals surface area contributed by atoms with Crippen LogP contribution < -0.4 is 5.32 Å². The van der Waals surface area contributed by atoms with Gasteiger partial charge in [0.2, 0.25) is 5.91 Å². The van der Waals surface area contributed by atoms with E-state index < -0.39 is 0 Å². The summed E-state index contributed by atoms with van der Waals surface area (Å²) in [6.45, 7) is 1.03. The standard InChI is InChI=1S/C8H12BrN3O/c1-12-3-2-6(4-7(9)10)11-5-8(12)13/h4,10-11H,2-3,5H2,1H3/b6-4-,10-7?. The van der Waals surface area contributed by atoms with Crippen molar-refractivity contribution in [1.82, 2.24) is 10.2 Å². The number of halogens is 1. The predicted octanol–water partition coefficient (Wildman–Crippen LogP) is 0.694. The lowest BCUT2D eigenvalue weighted by molar-refractivity contribution is -0.128. The van der Waals surface area contributed by atoms with Gasteiger partial charge in [0.15, 0.2) is 0 Å². The molecule has 0 bridgehead atoms. The molecule has 0 spiro atoms. The molecular weight excluding hydrogens is 234 g/mol. The van der Waals surface area contributed by atoms with Crippen molar-refractivity contribution in [1.29, 1.82) is 5.41 Å². The van der Waals surface area contributed by atoms with E-state index >= 15 is 0 Å². The van der Waals surface area contributed by atoms with E-state index in [9.17, 15) is 4.79 Å². The Balaban J connectivity index is 2.64. The SMILES string of the molecule is CN1CC/C(=C/C(=N)Br)NCC1=O. The van der Waals surface area contributed by atoms with Gasteiger partial charge in [-0.15, -0.1) is 0 Å². The van der Waals surface area contributed by atoms with Crippen LogP contribution in [-0.2, 0) is 4.79 Å². The van der Waals surface area contributed by atoms with E-state index in [2.05, 4.69) is 21.2 Å². The maximum absolute atomic E-state index is 11.2. The average molecular weight is 246 g/mol. The van der Waals surface area contributed by atoms with Gasteiger partial charge in [0.1, 0.15) is 0 Å². The molecule has 1 rings (SSSR count). The van der Waals surface area contributed by atoms with Crippen molar-refractivity contribution in [2.45, 2.75) is 6.42 Å². The van der Waals surface area contributed by atoms with Gasteiger partial charge in [-0.25, -0.2) is 0 Å². The van der Waals surface area contributed by atoms with Crippen molar-refractivity contribution in [3.63, 3.8) is 0 Å². The monoisotopic (exact) mass is 245 g/mol. The van der Waals surface area contributed by atoms with E-state index in [0.29, 0.717) is 17.7 Å². The molecule has 72 valence electrons. The molecule has 0 aromatic carbocycles. The van der Waals surface area contributed by atoms with Crippen LogP contribution in [0.5, 0.6) is 0 Å². The molecule has 0 atom stereocenters. The number of hydrogen-bond donors (Lipinski definition) is 2. The molecule has 13 heavy (non-hydrogen) atoms. The Morgan fingerprint density at radius 3 is 3.08 bits per heavy atom. The molecule has 4 nitrogen and oxygen atoms in total. The van der Waals surface area contributed by atoms with Crippen molar-refractivity contribution >= 4 is 26.5 Å². The van der Waals surface area contributed by atoms with Gasteiger partial charge in [-0.1, -0.05) is 0 Å². The first-order valence-corrected chi connectivity index (χ1v) is 4.81. The first kappa shape index (κ1) is 10.2. The smallest absolute Gasteiger partial charge is 0.241 e. The molecule has 5 heteroatoms. The Hall–Kier alpha value is -0.840. The van der Waals surface area contributed by atoms with Crippen LogP contribution in [0.25, 0.3) is 0 Å². The molecule has 2 N–H and O–H groups in total. The molecule has 0 aromatic rings. The van der Waals surface area contributed by atoms with Gasteiger partial charge in [0.25, 0.3) is 0 Å². The number of carbonyl (C=O) groups is 1. The highest BCUT2D eigenvalue weighted by molar-refractivity contribution is 9.18. The number of nitrogens with zero attached hydrogens (tertiary/aromatic N) is 1. The summed E-state index contributed by atoms with van der Waals surface area (Å²) in [7, 11) is 1.78. The Morgan fingerprint density at radius 1 is 1.77 bits per heavy atom. The van der Waals surface area contributed by atoms with Crippen LogP contribution in [0.15, 0.2) is 11.8 Å². The van der Waals surface area contributed by atoms with E-state index in [0.717, 1.165) is 12.1 Å². The van der Waals surface area contributed by atoms with E-state index in [-0.39, 0.29) is 5.91 Å². The van der Waals surface area contributed by atoms with Crippen molar-refractivity contribution in [3.05, 3.63) is 11.8 Å². The molecule has 0 radical (unpaired) electrons. The summed E-state index contributed by atoms with van der Waals surface area (Å²) in [5.41, 5.74) is 0.930. The fourth-order valence-electron chi connectivity index (χ4n) is 1.10. The molecule has 0 saturated carbocycles. The maximum atomic E-state index is 11.2. The lowest BCUT2D eigenvalue weighted by Crippen LogP contribution is -2.31. The highest BCUT2D eigenvalue weighted by Crippen LogP contribution is 2.05. The zero-order valence-corrected chi connectivity index (χ0v) is 9.02. The molecule has 1 amide bonds. The van der Waals surface area contributed by atoms with Crippen LogP contribution in [0.1, 0.15) is 6.42 Å². The molecule has 1 aliphatic rings. The van der Waals surface area contributed by atoms with Gasteiger partial charge in [-0.05, 0) is 22.0 Å². The van der Waals surface area contributed by atoms with Gasteiger partial charge >= 0.3 is 0 Å². The summed E-state index contributed by atoms with van der Waals surface area (Å²) in [6, 6.07) is 0. The van der Waals surface area contributed by atoms with E-state index in [4.69, 9.17) is 5.41 Å². The van der Waals surface area contributed by atoms with Crippen LogP contribution in [0, 0.1) is 5.41 Å². The molecule has 1 fully saturated rings. The number of likely N-dealkylation sites (N-methyl/N-ethyl adjacent to an activating group) is 1. The Kier molecular flexibility index (Phi) is 3.48. The largest absolute Gasteiger partial charge is 0.379 e. The number of amides is 1. The highest BCUT2D eigenvalue weighted by Gasteiger charge is 2.13. The number of hydrogen-bond acceptors (Lipinski definition) is 3. The zero-order chi connectivity index (χ0) is 9.84. The predicted molar refractivity (Wildman–Crippen MR) is 55.0 cm³/mol. The minimum atomic E-state index is 0.0875. The summed E-state index contributed by atoms with van der Waals surface area (Å²) in [5.74, 6) is 0.0875. The second-order valence-electron chi connectivity index (χ2n) is 2.94. The van der Waals surface area contributed by atoms with Crippen LogP contribution in [0.2, 0.25) is 0 Å². The van der Waals surface area contributed by atoms with Gasteiger partial charge < -0.3 is 10.2 Å². The first-order valence-electron chi connectivity index (χ1n) is 4.02. The zero-order valence-electron chi connectivity index (χ0n) is 7.43. The van der Waals surface area contributed by atoms with E-state index in [1.54, 1.807) is 18.0 Å². The summed E-state index contributed by atoms with van der Waals surface area (Å²) in [6.07, 6.45) is 2.46. The van der Waals surface area contributed by atoms with Crippen molar-refractivity contribution in [3.8, 4) is 0 Å². The normalized spacial score (nSPS) is 21.2. The average Bonchev–Trinajstić information content (AvgIpc) is 2.19. The lowest BCUT2D eigenvalue weighted by atomic mass is 10.3. The second kappa shape index (κ2) is 4.41. The number of carbonyl (C=O) groups excluding carboxylic acids is 1. The van der Waals surface area contributed by atoms with E-state index in [1.807, 2.05) is 0 Å².